The molecule has 2 N–H and O–H groups in total. The highest BCUT2D eigenvalue weighted by Crippen LogP contribution is 2.31. The van der Waals surface area contributed by atoms with Crippen molar-refractivity contribution in [1.29, 1.82) is 0 Å². The van der Waals surface area contributed by atoms with Crippen LogP contribution in [-0.4, -0.2) is 43.6 Å². The molecule has 1 fully saturated rings. The van der Waals surface area contributed by atoms with Crippen molar-refractivity contribution in [2.45, 2.75) is 37.1 Å². The minimum Gasteiger partial charge on any atom is -0.343 e. The van der Waals surface area contributed by atoms with Crippen LogP contribution >= 0.6 is 0 Å². The van der Waals surface area contributed by atoms with E-state index in [0.717, 1.165) is 6.42 Å². The average Bonchev–Trinajstić information content (AvgIpc) is 3.31. The zero-order valence-electron chi connectivity index (χ0n) is 16.5. The smallest absolute Gasteiger partial charge is 0.285 e. The van der Waals surface area contributed by atoms with Gasteiger partial charge in [-0.2, -0.15) is 8.42 Å². The first kappa shape index (κ1) is 20.1. The summed E-state index contributed by atoms with van der Waals surface area (Å²) in [5, 5.41) is 5.64. The summed E-state index contributed by atoms with van der Waals surface area (Å²) in [6.07, 6.45) is 1.71. The van der Waals surface area contributed by atoms with Gasteiger partial charge in [-0.25, -0.2) is 0 Å². The third-order valence-electron chi connectivity index (χ3n) is 5.18. The Balaban J connectivity index is 1.54. The van der Waals surface area contributed by atoms with E-state index in [1.54, 1.807) is 54.3 Å². The molecule has 1 saturated heterocycles. The van der Waals surface area contributed by atoms with Crippen molar-refractivity contribution in [3.63, 3.8) is 0 Å². The van der Waals surface area contributed by atoms with Crippen molar-refractivity contribution < 1.29 is 18.0 Å². The highest BCUT2D eigenvalue weighted by Gasteiger charge is 2.39. The normalized spacial score (nSPS) is 19.2. The van der Waals surface area contributed by atoms with Crippen molar-refractivity contribution in [3.8, 4) is 0 Å². The molecule has 30 heavy (non-hydrogen) atoms. The molecule has 1 atom stereocenters. The van der Waals surface area contributed by atoms with Gasteiger partial charge in [0.25, 0.3) is 10.0 Å². The molecule has 2 aromatic rings. The van der Waals surface area contributed by atoms with Crippen LogP contribution in [0, 0.1) is 0 Å². The van der Waals surface area contributed by atoms with Gasteiger partial charge in [0.05, 0.1) is 0 Å². The van der Waals surface area contributed by atoms with Gasteiger partial charge in [0.2, 0.25) is 11.8 Å². The van der Waals surface area contributed by atoms with Gasteiger partial charge in [0.1, 0.15) is 10.9 Å². The van der Waals surface area contributed by atoms with Gasteiger partial charge in [0.15, 0.2) is 5.84 Å². The summed E-state index contributed by atoms with van der Waals surface area (Å²) >= 11 is 0. The van der Waals surface area contributed by atoms with E-state index in [1.165, 1.54) is 6.07 Å². The lowest BCUT2D eigenvalue weighted by atomic mass is 10.1. The molecular weight excluding hydrogens is 404 g/mol. The molecule has 0 unspecified atom stereocenters. The van der Waals surface area contributed by atoms with Gasteiger partial charge in [0, 0.05) is 29.9 Å². The Hall–Kier alpha value is -3.20. The Kier molecular flexibility index (Phi) is 5.29. The molecule has 8 nitrogen and oxygen atoms in total. The Bertz CT molecular complexity index is 1140. The number of fused-ring (bicyclic) bond motifs is 1. The number of carbonyl (C=O) groups is 2. The second-order valence-electron chi connectivity index (χ2n) is 7.21. The molecular formula is C21H22N4O4S. The average molecular weight is 426 g/mol. The second-order valence-corrected chi connectivity index (χ2v) is 8.78. The Morgan fingerprint density at radius 3 is 2.60 bits per heavy atom. The number of amidine groups is 1. The minimum absolute atomic E-state index is 0.112. The van der Waals surface area contributed by atoms with Crippen LogP contribution in [0.5, 0.6) is 0 Å². The molecule has 2 amide bonds. The number of nitrogens with one attached hydrogen (secondary N) is 2. The topological polar surface area (TPSA) is 108 Å². The van der Waals surface area contributed by atoms with Gasteiger partial charge in [-0.3, -0.25) is 9.59 Å². The van der Waals surface area contributed by atoms with Crippen LogP contribution in [0.15, 0.2) is 57.8 Å². The first-order valence-corrected chi connectivity index (χ1v) is 11.2. The monoisotopic (exact) mass is 426 g/mol. The van der Waals surface area contributed by atoms with E-state index in [0.29, 0.717) is 42.2 Å². The predicted octanol–water partition coefficient (Wildman–Crippen LogP) is 2.59. The van der Waals surface area contributed by atoms with E-state index in [-0.39, 0.29) is 16.7 Å². The minimum atomic E-state index is -3.75. The molecule has 0 aromatic heterocycles. The number of amides is 2. The number of hydrogen-bond acceptors (Lipinski definition) is 5. The molecule has 0 saturated carbocycles. The summed E-state index contributed by atoms with van der Waals surface area (Å²) in [5.74, 6) is -0.0253. The summed E-state index contributed by atoms with van der Waals surface area (Å²) in [6.45, 7) is 2.31. The van der Waals surface area contributed by atoms with Crippen molar-refractivity contribution >= 4 is 39.0 Å². The highest BCUT2D eigenvalue weighted by atomic mass is 32.2. The third-order valence-corrected chi connectivity index (χ3v) is 6.50. The fourth-order valence-electron chi connectivity index (χ4n) is 3.74. The first-order chi connectivity index (χ1) is 14.4. The molecule has 2 aromatic carbocycles. The van der Waals surface area contributed by atoms with E-state index < -0.39 is 16.1 Å². The SMILES string of the molecule is CCC(=O)Nc1cccc(NC(=O)[C@@H]2CCCN2C2=NS(=O)(=O)c3ccccc32)c1. The fourth-order valence-corrected chi connectivity index (χ4v) is 4.96. The lowest BCUT2D eigenvalue weighted by molar-refractivity contribution is -0.119. The number of anilines is 2. The van der Waals surface area contributed by atoms with Crippen LogP contribution in [0.1, 0.15) is 31.7 Å². The highest BCUT2D eigenvalue weighted by molar-refractivity contribution is 7.90. The third kappa shape index (κ3) is 3.80. The number of carbonyl (C=O) groups excluding carboxylic acids is 2. The molecule has 0 spiro atoms. The van der Waals surface area contributed by atoms with Crippen LogP contribution in [-0.2, 0) is 19.6 Å². The van der Waals surface area contributed by atoms with Crippen LogP contribution in [0.3, 0.4) is 0 Å². The Morgan fingerprint density at radius 1 is 1.10 bits per heavy atom. The lowest BCUT2D eigenvalue weighted by Gasteiger charge is -2.25. The molecule has 9 heteroatoms. The number of nitrogens with zero attached hydrogens (tertiary/aromatic N) is 2. The largest absolute Gasteiger partial charge is 0.343 e. The molecule has 0 bridgehead atoms. The van der Waals surface area contributed by atoms with Crippen LogP contribution in [0.25, 0.3) is 0 Å². The van der Waals surface area contributed by atoms with E-state index in [2.05, 4.69) is 15.0 Å². The summed E-state index contributed by atoms with van der Waals surface area (Å²) in [7, 11) is -3.75. The van der Waals surface area contributed by atoms with Gasteiger partial charge in [-0.15, -0.1) is 4.40 Å². The van der Waals surface area contributed by atoms with Crippen LogP contribution in [0.4, 0.5) is 11.4 Å². The Labute approximate surface area is 175 Å². The van der Waals surface area contributed by atoms with Gasteiger partial charge >= 0.3 is 0 Å². The zero-order valence-corrected chi connectivity index (χ0v) is 17.3. The number of sulfonamides is 1. The number of rotatable bonds is 4. The van der Waals surface area contributed by atoms with E-state index >= 15 is 0 Å². The van der Waals surface area contributed by atoms with Gasteiger partial charge < -0.3 is 15.5 Å². The quantitative estimate of drug-likeness (QED) is 0.781. The molecule has 4 rings (SSSR count). The standard InChI is InChI=1S/C21H22N4O4S/c1-2-19(26)22-14-7-5-8-15(13-14)23-21(27)17-10-6-12-25(17)20-16-9-3-4-11-18(16)30(28,29)24-20/h3-5,7-9,11,13,17H,2,6,10,12H2,1H3,(H,22,26)(H,23,27)/t17-/m0/s1. The lowest BCUT2D eigenvalue weighted by Crippen LogP contribution is -2.43. The fraction of sp³-hybridized carbons (Fsp3) is 0.286. The van der Waals surface area contributed by atoms with Crippen molar-refractivity contribution in [2.75, 3.05) is 17.2 Å². The molecule has 156 valence electrons. The summed E-state index contributed by atoms with van der Waals surface area (Å²) < 4.78 is 28.7. The molecule has 0 radical (unpaired) electrons. The molecule has 0 aliphatic carbocycles. The van der Waals surface area contributed by atoms with Crippen LogP contribution < -0.4 is 10.6 Å². The number of likely N-dealkylation sites (tertiary alicyclic amines) is 1. The maximum atomic E-state index is 13.0. The van der Waals surface area contributed by atoms with Crippen molar-refractivity contribution in [3.05, 3.63) is 54.1 Å². The molecule has 2 aliphatic rings. The van der Waals surface area contributed by atoms with Gasteiger partial charge in [-0.05, 0) is 43.2 Å². The van der Waals surface area contributed by atoms with E-state index in [1.807, 2.05) is 0 Å². The summed E-state index contributed by atoms with van der Waals surface area (Å²) in [4.78, 5) is 26.5. The maximum Gasteiger partial charge on any atom is 0.285 e. The molecule has 2 aliphatic heterocycles. The van der Waals surface area contributed by atoms with Crippen LogP contribution in [0.2, 0.25) is 0 Å². The number of hydrogen-bond donors (Lipinski definition) is 2. The zero-order chi connectivity index (χ0) is 21.3. The van der Waals surface area contributed by atoms with Crippen molar-refractivity contribution in [2.24, 2.45) is 4.40 Å². The predicted molar refractivity (Wildman–Crippen MR) is 114 cm³/mol. The summed E-state index contributed by atoms with van der Waals surface area (Å²) in [5.41, 5.74) is 1.69. The Morgan fingerprint density at radius 2 is 1.83 bits per heavy atom. The maximum absolute atomic E-state index is 13.0. The number of benzene rings is 2. The second kappa shape index (κ2) is 7.91. The first-order valence-electron chi connectivity index (χ1n) is 9.81. The molecule has 2 heterocycles. The van der Waals surface area contributed by atoms with E-state index in [4.69, 9.17) is 0 Å². The summed E-state index contributed by atoms with van der Waals surface area (Å²) in [6, 6.07) is 13.1. The van der Waals surface area contributed by atoms with Gasteiger partial charge in [-0.1, -0.05) is 25.1 Å². The van der Waals surface area contributed by atoms with Crippen molar-refractivity contribution in [1.82, 2.24) is 4.90 Å². The van der Waals surface area contributed by atoms with E-state index in [9.17, 15) is 18.0 Å².